The predicted molar refractivity (Wildman–Crippen MR) is 72.8 cm³/mol. The van der Waals surface area contributed by atoms with Crippen molar-refractivity contribution in [3.8, 4) is 0 Å². The second-order valence-corrected chi connectivity index (χ2v) is 5.22. The van der Waals surface area contributed by atoms with Crippen LogP contribution in [-0.4, -0.2) is 18.0 Å². The number of rotatable bonds is 1. The first-order valence-electron chi connectivity index (χ1n) is 6.66. The molecule has 4 rings (SSSR count). The summed E-state index contributed by atoms with van der Waals surface area (Å²) in [5.41, 5.74) is 3.69. The van der Waals surface area contributed by atoms with Gasteiger partial charge < -0.3 is 4.74 Å². The summed E-state index contributed by atoms with van der Waals surface area (Å²) in [4.78, 5) is 11.9. The lowest BCUT2D eigenvalue weighted by molar-refractivity contribution is -0.128. The van der Waals surface area contributed by atoms with Crippen LogP contribution in [0, 0.1) is 0 Å². The molecule has 0 aromatic heterocycles. The normalized spacial score (nSPS) is 31.8. The maximum absolute atomic E-state index is 11.9. The van der Waals surface area contributed by atoms with E-state index in [0.717, 1.165) is 12.0 Å². The summed E-state index contributed by atoms with van der Waals surface area (Å²) < 4.78 is 5.98. The minimum absolute atomic E-state index is 0.0217. The van der Waals surface area contributed by atoms with E-state index in [9.17, 15) is 4.79 Å². The van der Waals surface area contributed by atoms with E-state index in [1.165, 1.54) is 11.1 Å². The summed E-state index contributed by atoms with van der Waals surface area (Å²) in [6.07, 6.45) is 8.38. The largest absolute Gasteiger partial charge is 0.357 e. The van der Waals surface area contributed by atoms with Crippen LogP contribution in [0.1, 0.15) is 17.9 Å². The van der Waals surface area contributed by atoms with Crippen LogP contribution in [0.25, 0.3) is 0 Å². The molecule has 1 aliphatic carbocycles. The summed E-state index contributed by atoms with van der Waals surface area (Å²) >= 11 is 0. The van der Waals surface area contributed by atoms with Crippen molar-refractivity contribution < 1.29 is 9.53 Å². The number of hydrogen-bond donors (Lipinski definition) is 0. The second-order valence-electron chi connectivity index (χ2n) is 5.22. The lowest BCUT2D eigenvalue weighted by Gasteiger charge is -2.38. The number of carbonyl (C=O) groups excluding carboxylic acids is 1. The minimum Gasteiger partial charge on any atom is -0.357 e. The number of fused-ring (bicyclic) bond motifs is 3. The molecule has 3 aliphatic rings. The Morgan fingerprint density at radius 1 is 1.11 bits per heavy atom. The summed E-state index contributed by atoms with van der Waals surface area (Å²) in [6.45, 7) is 0. The smallest absolute Gasteiger partial charge is 0.188 e. The molecule has 2 nitrogen and oxygen atoms in total. The van der Waals surface area contributed by atoms with Crippen LogP contribution in [0.4, 0.5) is 0 Å². The van der Waals surface area contributed by atoms with E-state index in [0.29, 0.717) is 0 Å². The van der Waals surface area contributed by atoms with Gasteiger partial charge in [-0.25, -0.2) is 0 Å². The first-order chi connectivity index (χ1) is 9.34. The molecular weight excluding hydrogens is 236 g/mol. The van der Waals surface area contributed by atoms with Crippen molar-refractivity contribution in [1.29, 1.82) is 0 Å². The van der Waals surface area contributed by atoms with Gasteiger partial charge >= 0.3 is 0 Å². The Hall–Kier alpha value is -1.93. The second kappa shape index (κ2) is 4.04. The lowest BCUT2D eigenvalue weighted by Crippen LogP contribution is -2.41. The van der Waals surface area contributed by atoms with Crippen molar-refractivity contribution in [3.63, 3.8) is 0 Å². The Morgan fingerprint density at radius 2 is 1.95 bits per heavy atom. The zero-order valence-corrected chi connectivity index (χ0v) is 10.5. The number of carbonyl (C=O) groups is 1. The third-order valence-electron chi connectivity index (χ3n) is 4.15. The van der Waals surface area contributed by atoms with Crippen molar-refractivity contribution >= 4 is 5.78 Å². The average molecular weight is 250 g/mol. The molecule has 19 heavy (non-hydrogen) atoms. The zero-order valence-electron chi connectivity index (χ0n) is 10.5. The molecular formula is C17H14O2. The quantitative estimate of drug-likeness (QED) is 0.766. The summed E-state index contributed by atoms with van der Waals surface area (Å²) in [5.74, 6) is 0.300. The van der Waals surface area contributed by atoms with Gasteiger partial charge in [0.25, 0.3) is 0 Å². The van der Waals surface area contributed by atoms with E-state index in [-0.39, 0.29) is 23.9 Å². The molecule has 0 radical (unpaired) electrons. The van der Waals surface area contributed by atoms with Crippen LogP contribution in [-0.2, 0) is 9.53 Å². The lowest BCUT2D eigenvalue weighted by atomic mass is 9.78. The fraction of sp³-hybridized carbons (Fsp3) is 0.235. The maximum Gasteiger partial charge on any atom is 0.188 e. The van der Waals surface area contributed by atoms with Crippen LogP contribution < -0.4 is 0 Å². The molecule has 3 atom stereocenters. The third-order valence-corrected chi connectivity index (χ3v) is 4.15. The van der Waals surface area contributed by atoms with Crippen molar-refractivity contribution in [1.82, 2.24) is 0 Å². The molecule has 0 spiro atoms. The van der Waals surface area contributed by atoms with Crippen LogP contribution in [0.15, 0.2) is 65.8 Å². The van der Waals surface area contributed by atoms with Gasteiger partial charge in [0.05, 0.1) is 6.10 Å². The number of hydrogen-bond acceptors (Lipinski definition) is 2. The predicted octanol–water partition coefficient (Wildman–Crippen LogP) is 2.93. The van der Waals surface area contributed by atoms with Crippen molar-refractivity contribution in [2.45, 2.75) is 24.5 Å². The Labute approximate surface area is 112 Å². The zero-order chi connectivity index (χ0) is 12.8. The van der Waals surface area contributed by atoms with Crippen LogP contribution in [0.3, 0.4) is 0 Å². The third kappa shape index (κ3) is 1.57. The molecule has 1 aromatic carbocycles. The molecule has 0 amide bonds. The number of benzene rings is 1. The van der Waals surface area contributed by atoms with E-state index < -0.39 is 0 Å². The highest BCUT2D eigenvalue weighted by atomic mass is 16.5. The molecule has 2 heterocycles. The molecule has 0 saturated carbocycles. The monoisotopic (exact) mass is 250 g/mol. The highest BCUT2D eigenvalue weighted by molar-refractivity contribution is 5.97. The molecule has 2 aliphatic heterocycles. The molecule has 0 N–H and O–H groups in total. The van der Waals surface area contributed by atoms with Gasteiger partial charge in [0.15, 0.2) is 5.78 Å². The average Bonchev–Trinajstić information content (AvgIpc) is 2.92. The van der Waals surface area contributed by atoms with E-state index in [2.05, 4.69) is 36.4 Å². The van der Waals surface area contributed by atoms with E-state index in [4.69, 9.17) is 4.74 Å². The van der Waals surface area contributed by atoms with Gasteiger partial charge in [0.1, 0.15) is 6.10 Å². The van der Waals surface area contributed by atoms with Gasteiger partial charge in [-0.2, -0.15) is 0 Å². The Bertz CT molecular complexity index is 622. The molecule has 1 aromatic rings. The topological polar surface area (TPSA) is 26.3 Å². The van der Waals surface area contributed by atoms with Crippen molar-refractivity contribution in [2.24, 2.45) is 0 Å². The number of allylic oxidation sites excluding steroid dienone is 2. The highest BCUT2D eigenvalue weighted by Gasteiger charge is 2.41. The first kappa shape index (κ1) is 10.9. The van der Waals surface area contributed by atoms with Crippen LogP contribution in [0.5, 0.6) is 0 Å². The summed E-state index contributed by atoms with van der Waals surface area (Å²) in [7, 11) is 0. The SMILES string of the molecule is O=C1C=C[C@H]2O[C@@H]1C1=C(C=CC1)C2c1ccccc1. The van der Waals surface area contributed by atoms with Gasteiger partial charge in [-0.1, -0.05) is 48.6 Å². The Kier molecular flexibility index (Phi) is 2.32. The Balaban J connectivity index is 1.87. The van der Waals surface area contributed by atoms with Gasteiger partial charge in [0.2, 0.25) is 0 Å². The van der Waals surface area contributed by atoms with Crippen LogP contribution in [0.2, 0.25) is 0 Å². The van der Waals surface area contributed by atoms with Crippen LogP contribution >= 0.6 is 0 Å². The maximum atomic E-state index is 11.9. The van der Waals surface area contributed by atoms with E-state index in [1.807, 2.05) is 12.1 Å². The van der Waals surface area contributed by atoms with Crippen molar-refractivity contribution in [3.05, 3.63) is 71.3 Å². The Morgan fingerprint density at radius 3 is 2.79 bits per heavy atom. The van der Waals surface area contributed by atoms with Gasteiger partial charge in [-0.3, -0.25) is 4.79 Å². The first-order valence-corrected chi connectivity index (χ1v) is 6.66. The molecule has 1 unspecified atom stereocenters. The number of ether oxygens (including phenoxy) is 1. The molecule has 2 bridgehead atoms. The fourth-order valence-electron chi connectivity index (χ4n) is 3.30. The summed E-state index contributed by atoms with van der Waals surface area (Å²) in [5, 5.41) is 0. The fourth-order valence-corrected chi connectivity index (χ4v) is 3.30. The molecule has 0 fully saturated rings. The van der Waals surface area contributed by atoms with Gasteiger partial charge in [-0.15, -0.1) is 0 Å². The van der Waals surface area contributed by atoms with Gasteiger partial charge in [-0.05, 0) is 29.2 Å². The van der Waals surface area contributed by atoms with Gasteiger partial charge in [0, 0.05) is 5.92 Å². The number of ketones is 1. The molecule has 94 valence electrons. The van der Waals surface area contributed by atoms with Crippen molar-refractivity contribution in [2.75, 3.05) is 0 Å². The highest BCUT2D eigenvalue weighted by Crippen LogP contribution is 2.44. The molecule has 0 saturated heterocycles. The molecule has 2 heteroatoms. The minimum atomic E-state index is -0.347. The van der Waals surface area contributed by atoms with E-state index >= 15 is 0 Å². The summed E-state index contributed by atoms with van der Waals surface area (Å²) in [6, 6.07) is 10.4. The van der Waals surface area contributed by atoms with E-state index in [1.54, 1.807) is 6.08 Å². The standard InChI is InChI=1S/C17H14O2/c18-14-9-10-15-16(11-5-2-1-3-6-11)12-7-4-8-13(12)17(14)19-15/h1-7,9-10,15-17H,8H2/t15-,16?,17-/m1/s1.